The Morgan fingerprint density at radius 1 is 1.53 bits per heavy atom. The predicted molar refractivity (Wildman–Crippen MR) is 66.9 cm³/mol. The molecule has 0 saturated carbocycles. The van der Waals surface area contributed by atoms with Crippen LogP contribution in [0.5, 0.6) is 0 Å². The highest BCUT2D eigenvalue weighted by molar-refractivity contribution is 5.55. The first-order valence-corrected chi connectivity index (χ1v) is 5.50. The topological polar surface area (TPSA) is 97.3 Å². The number of nitrogens with one attached hydrogen (secondary N) is 1. The second-order valence-corrected chi connectivity index (χ2v) is 3.55. The minimum Gasteiger partial charge on any atom is -0.357 e. The monoisotopic (exact) mass is 239 g/mol. The molecule has 0 aliphatic rings. The van der Waals surface area contributed by atoms with Crippen molar-refractivity contribution in [2.75, 3.05) is 23.4 Å². The van der Waals surface area contributed by atoms with Gasteiger partial charge in [-0.1, -0.05) is 6.92 Å². The molecule has 94 valence electrons. The molecule has 0 aromatic carbocycles. The summed E-state index contributed by atoms with van der Waals surface area (Å²) in [5.74, 6) is 6.11. The van der Waals surface area contributed by atoms with Gasteiger partial charge in [0.2, 0.25) is 0 Å². The third kappa shape index (κ3) is 3.28. The Morgan fingerprint density at radius 2 is 2.24 bits per heavy atom. The summed E-state index contributed by atoms with van der Waals surface area (Å²) in [7, 11) is 0. The highest BCUT2D eigenvalue weighted by atomic mass is 16.6. The van der Waals surface area contributed by atoms with Crippen LogP contribution in [-0.2, 0) is 0 Å². The summed E-state index contributed by atoms with van der Waals surface area (Å²) in [6, 6.07) is 2.77. The number of hydrogen-bond donors (Lipinski definition) is 2. The van der Waals surface area contributed by atoms with E-state index in [0.717, 1.165) is 19.5 Å². The molecule has 0 amide bonds. The van der Waals surface area contributed by atoms with Crippen LogP contribution in [0.4, 0.5) is 17.3 Å². The van der Waals surface area contributed by atoms with Crippen LogP contribution in [0.2, 0.25) is 0 Å². The maximum atomic E-state index is 10.8. The van der Waals surface area contributed by atoms with Gasteiger partial charge in [-0.15, -0.1) is 0 Å². The minimum absolute atomic E-state index is 0.0162. The van der Waals surface area contributed by atoms with Crippen LogP contribution in [0.3, 0.4) is 0 Å². The molecular weight excluding hydrogens is 222 g/mol. The Morgan fingerprint density at radius 3 is 2.71 bits per heavy atom. The first-order chi connectivity index (χ1) is 8.12. The minimum atomic E-state index is -0.453. The summed E-state index contributed by atoms with van der Waals surface area (Å²) >= 11 is 0. The Bertz CT molecular complexity index is 396. The highest BCUT2D eigenvalue weighted by Gasteiger charge is 2.14. The first-order valence-electron chi connectivity index (χ1n) is 5.50. The summed E-state index contributed by atoms with van der Waals surface area (Å²) in [5.41, 5.74) is 2.33. The van der Waals surface area contributed by atoms with Gasteiger partial charge in [-0.25, -0.2) is 10.8 Å². The van der Waals surface area contributed by atoms with Gasteiger partial charge in [0.25, 0.3) is 5.69 Å². The van der Waals surface area contributed by atoms with Crippen LogP contribution < -0.4 is 16.2 Å². The molecule has 1 aromatic heterocycles. The third-order valence-corrected chi connectivity index (χ3v) is 2.35. The van der Waals surface area contributed by atoms with Gasteiger partial charge in [0.15, 0.2) is 0 Å². The van der Waals surface area contributed by atoms with Gasteiger partial charge in [0.05, 0.1) is 17.1 Å². The molecule has 1 aromatic rings. The summed E-state index contributed by atoms with van der Waals surface area (Å²) in [6.07, 6.45) is 0.948. The number of nitrogens with two attached hydrogens (primary N) is 1. The molecule has 0 fully saturated rings. The molecule has 17 heavy (non-hydrogen) atoms. The van der Waals surface area contributed by atoms with E-state index in [1.165, 1.54) is 12.1 Å². The summed E-state index contributed by atoms with van der Waals surface area (Å²) in [6.45, 7) is 5.56. The van der Waals surface area contributed by atoms with Crippen molar-refractivity contribution in [3.8, 4) is 0 Å². The molecule has 0 aliphatic heterocycles. The lowest BCUT2D eigenvalue weighted by molar-refractivity contribution is -0.384. The fraction of sp³-hybridized carbons (Fsp3) is 0.500. The summed E-state index contributed by atoms with van der Waals surface area (Å²) < 4.78 is 0. The lowest BCUT2D eigenvalue weighted by Crippen LogP contribution is -2.25. The molecule has 0 aliphatic carbocycles. The average Bonchev–Trinajstić information content (AvgIpc) is 2.35. The number of hydrazine groups is 1. The van der Waals surface area contributed by atoms with Crippen LogP contribution >= 0.6 is 0 Å². The summed E-state index contributed by atoms with van der Waals surface area (Å²) in [4.78, 5) is 16.5. The maximum absolute atomic E-state index is 10.8. The van der Waals surface area contributed by atoms with Crippen molar-refractivity contribution in [1.82, 2.24) is 4.98 Å². The molecule has 0 radical (unpaired) electrons. The fourth-order valence-corrected chi connectivity index (χ4v) is 1.55. The van der Waals surface area contributed by atoms with Crippen LogP contribution in [0, 0.1) is 10.1 Å². The molecule has 1 rings (SSSR count). The number of pyridine rings is 1. The Hall–Kier alpha value is -1.89. The van der Waals surface area contributed by atoms with Crippen molar-refractivity contribution >= 4 is 17.3 Å². The SMILES string of the molecule is CCCN(CC)c1cc([N+](=O)[O-])cc(NN)n1. The van der Waals surface area contributed by atoms with Gasteiger partial charge in [0.1, 0.15) is 11.6 Å². The highest BCUT2D eigenvalue weighted by Crippen LogP contribution is 2.22. The van der Waals surface area contributed by atoms with E-state index >= 15 is 0 Å². The molecule has 3 N–H and O–H groups in total. The normalized spacial score (nSPS) is 10.1. The Kier molecular flexibility index (Phi) is 4.65. The number of aromatic nitrogens is 1. The van der Waals surface area contributed by atoms with Crippen molar-refractivity contribution in [2.45, 2.75) is 20.3 Å². The van der Waals surface area contributed by atoms with Gasteiger partial charge >= 0.3 is 0 Å². The lowest BCUT2D eigenvalue weighted by Gasteiger charge is -2.21. The molecule has 0 unspecified atom stereocenters. The van der Waals surface area contributed by atoms with E-state index in [1.54, 1.807) is 0 Å². The fourth-order valence-electron chi connectivity index (χ4n) is 1.55. The van der Waals surface area contributed by atoms with Crippen molar-refractivity contribution < 1.29 is 4.92 Å². The first kappa shape index (κ1) is 13.2. The zero-order valence-electron chi connectivity index (χ0n) is 10.0. The molecule has 0 saturated heterocycles. The zero-order chi connectivity index (χ0) is 12.8. The van der Waals surface area contributed by atoms with E-state index in [1.807, 2.05) is 18.7 Å². The molecule has 7 heteroatoms. The van der Waals surface area contributed by atoms with Gasteiger partial charge in [-0.2, -0.15) is 0 Å². The second kappa shape index (κ2) is 6.00. The van der Waals surface area contributed by atoms with E-state index < -0.39 is 4.92 Å². The summed E-state index contributed by atoms with van der Waals surface area (Å²) in [5, 5.41) is 10.8. The Labute approximate surface area is 99.7 Å². The van der Waals surface area contributed by atoms with E-state index in [9.17, 15) is 10.1 Å². The van der Waals surface area contributed by atoms with Crippen LogP contribution in [0.25, 0.3) is 0 Å². The Balaban J connectivity index is 3.12. The van der Waals surface area contributed by atoms with Crippen LogP contribution in [0.1, 0.15) is 20.3 Å². The van der Waals surface area contributed by atoms with E-state index in [0.29, 0.717) is 11.6 Å². The van der Waals surface area contributed by atoms with Gasteiger partial charge in [-0.3, -0.25) is 10.1 Å². The number of rotatable bonds is 6. The molecule has 0 spiro atoms. The van der Waals surface area contributed by atoms with Gasteiger partial charge in [-0.05, 0) is 13.3 Å². The van der Waals surface area contributed by atoms with Crippen molar-refractivity contribution in [3.63, 3.8) is 0 Å². The molecular formula is C10H17N5O2. The molecule has 0 bridgehead atoms. The molecule has 0 atom stereocenters. The molecule has 1 heterocycles. The number of anilines is 2. The smallest absolute Gasteiger partial charge is 0.276 e. The van der Waals surface area contributed by atoms with Gasteiger partial charge < -0.3 is 10.3 Å². The number of hydrogen-bond acceptors (Lipinski definition) is 6. The quantitative estimate of drug-likeness (QED) is 0.443. The largest absolute Gasteiger partial charge is 0.357 e. The number of nitro groups is 1. The predicted octanol–water partition coefficient (Wildman–Crippen LogP) is 1.51. The number of nitrogen functional groups attached to an aromatic ring is 1. The average molecular weight is 239 g/mol. The number of nitrogens with zero attached hydrogens (tertiary/aromatic N) is 3. The second-order valence-electron chi connectivity index (χ2n) is 3.55. The van der Waals surface area contributed by atoms with Crippen molar-refractivity contribution in [2.24, 2.45) is 5.84 Å². The zero-order valence-corrected chi connectivity index (χ0v) is 10.0. The maximum Gasteiger partial charge on any atom is 0.276 e. The van der Waals surface area contributed by atoms with Crippen LogP contribution in [0.15, 0.2) is 12.1 Å². The third-order valence-electron chi connectivity index (χ3n) is 2.35. The van der Waals surface area contributed by atoms with Crippen molar-refractivity contribution in [1.29, 1.82) is 0 Å². The van der Waals surface area contributed by atoms with Crippen molar-refractivity contribution in [3.05, 3.63) is 22.2 Å². The van der Waals surface area contributed by atoms with E-state index in [4.69, 9.17) is 5.84 Å². The molecule has 7 nitrogen and oxygen atoms in total. The van der Waals surface area contributed by atoms with E-state index in [2.05, 4.69) is 10.4 Å². The lowest BCUT2D eigenvalue weighted by atomic mass is 10.3. The van der Waals surface area contributed by atoms with E-state index in [-0.39, 0.29) is 5.69 Å². The van der Waals surface area contributed by atoms with Crippen LogP contribution in [-0.4, -0.2) is 23.0 Å². The standard InChI is InChI=1S/C10H17N5O2/c1-3-5-14(4-2)10-7-8(15(16)17)6-9(12-10)13-11/h6-7H,3-5,11H2,1-2H3,(H,12,13). The van der Waals surface area contributed by atoms with Gasteiger partial charge in [0, 0.05) is 13.1 Å².